The van der Waals surface area contributed by atoms with Crippen LogP contribution < -0.4 is 4.90 Å². The quantitative estimate of drug-likeness (QED) is 0.439. The predicted octanol–water partition coefficient (Wildman–Crippen LogP) is 5.72. The molecule has 5 rings (SSSR count). The van der Waals surface area contributed by atoms with E-state index in [4.69, 9.17) is 4.42 Å². The summed E-state index contributed by atoms with van der Waals surface area (Å²) >= 11 is 0. The van der Waals surface area contributed by atoms with E-state index in [-0.39, 0.29) is 11.6 Å². The first-order chi connectivity index (χ1) is 15.9. The Kier molecular flexibility index (Phi) is 5.21. The van der Waals surface area contributed by atoms with Gasteiger partial charge < -0.3 is 14.4 Å². The molecular formula is C27H24FN3O2. The zero-order valence-corrected chi connectivity index (χ0v) is 18.5. The van der Waals surface area contributed by atoms with Gasteiger partial charge in [0, 0.05) is 25.2 Å². The molecule has 0 saturated heterocycles. The number of anilines is 1. The minimum absolute atomic E-state index is 0.254. The number of hydrogen-bond donors (Lipinski definition) is 1. The highest BCUT2D eigenvalue weighted by atomic mass is 19.1. The second-order valence-electron chi connectivity index (χ2n) is 8.41. The Labute approximate surface area is 191 Å². The van der Waals surface area contributed by atoms with Crippen molar-refractivity contribution in [2.45, 2.75) is 25.8 Å². The van der Waals surface area contributed by atoms with Crippen LogP contribution in [-0.2, 0) is 12.0 Å². The average Bonchev–Trinajstić information content (AvgIpc) is 3.24. The Morgan fingerprint density at radius 3 is 2.45 bits per heavy atom. The molecule has 166 valence electrons. The Bertz CT molecular complexity index is 1310. The van der Waals surface area contributed by atoms with E-state index in [1.54, 1.807) is 19.1 Å². The van der Waals surface area contributed by atoms with E-state index in [1.807, 2.05) is 30.3 Å². The maximum atomic E-state index is 13.6. The smallest absolute Gasteiger partial charge is 0.240 e. The van der Waals surface area contributed by atoms with Gasteiger partial charge in [-0.05, 0) is 78.1 Å². The van der Waals surface area contributed by atoms with Crippen molar-refractivity contribution in [3.05, 3.63) is 107 Å². The number of phenolic OH excluding ortho intramolecular Hbond substituents is 1. The molecule has 1 aliphatic heterocycles. The molecule has 0 radical (unpaired) electrons. The van der Waals surface area contributed by atoms with E-state index in [2.05, 4.69) is 46.3 Å². The fourth-order valence-corrected chi connectivity index (χ4v) is 4.65. The minimum atomic E-state index is -0.495. The molecule has 0 amide bonds. The lowest BCUT2D eigenvalue weighted by atomic mass is 9.76. The third-order valence-electron chi connectivity index (χ3n) is 6.33. The van der Waals surface area contributed by atoms with Crippen molar-refractivity contribution in [3.8, 4) is 5.75 Å². The van der Waals surface area contributed by atoms with Crippen LogP contribution in [0.2, 0.25) is 0 Å². The highest BCUT2D eigenvalue weighted by Gasteiger charge is 2.40. The van der Waals surface area contributed by atoms with E-state index in [0.29, 0.717) is 11.8 Å². The fourth-order valence-electron chi connectivity index (χ4n) is 4.65. The molecule has 1 aliphatic rings. The van der Waals surface area contributed by atoms with Crippen LogP contribution in [0.4, 0.5) is 10.1 Å². The molecule has 6 heteroatoms. The Hall–Kier alpha value is -3.93. The summed E-state index contributed by atoms with van der Waals surface area (Å²) in [4.78, 5) is 2.30. The molecule has 33 heavy (non-hydrogen) atoms. The fraction of sp³-hybridized carbons (Fsp3) is 0.185. The molecule has 1 aromatic heterocycles. The van der Waals surface area contributed by atoms with Crippen molar-refractivity contribution >= 4 is 17.8 Å². The second kappa shape index (κ2) is 8.20. The Balaban J connectivity index is 1.55. The third kappa shape index (κ3) is 3.89. The second-order valence-corrected chi connectivity index (χ2v) is 8.41. The van der Waals surface area contributed by atoms with Crippen molar-refractivity contribution in [2.24, 2.45) is 0 Å². The van der Waals surface area contributed by atoms with Gasteiger partial charge in [0.1, 0.15) is 11.6 Å². The lowest BCUT2D eigenvalue weighted by Crippen LogP contribution is -2.49. The molecule has 0 spiro atoms. The van der Waals surface area contributed by atoms with Gasteiger partial charge in [0.15, 0.2) is 0 Å². The maximum absolute atomic E-state index is 13.6. The van der Waals surface area contributed by atoms with Gasteiger partial charge >= 0.3 is 0 Å². The van der Waals surface area contributed by atoms with E-state index >= 15 is 0 Å². The standard InChI is InChI=1S/C27H24FN3O2/c1-18-29-30-26(33-18)14-5-19-3-6-21(7-4-19)27(2)25-13-12-24(32)17-20(25)15-16-31(27)23-10-8-22(28)9-11-23/h3-14,17,32H,15-16H2,1-2H3/b14-5+. The highest BCUT2D eigenvalue weighted by molar-refractivity contribution is 5.67. The van der Waals surface area contributed by atoms with Crippen LogP contribution in [0.3, 0.4) is 0 Å². The SMILES string of the molecule is Cc1nnc(/C=C/c2ccc(C3(C)c4ccc(O)cc4CCN3c3ccc(F)cc3)cc2)o1. The monoisotopic (exact) mass is 441 g/mol. The van der Waals surface area contributed by atoms with Gasteiger partial charge in [-0.15, -0.1) is 10.2 Å². The molecule has 0 aliphatic carbocycles. The van der Waals surface area contributed by atoms with Crippen molar-refractivity contribution in [1.82, 2.24) is 10.2 Å². The van der Waals surface area contributed by atoms with E-state index in [9.17, 15) is 9.50 Å². The summed E-state index contributed by atoms with van der Waals surface area (Å²) in [7, 11) is 0. The van der Waals surface area contributed by atoms with Crippen molar-refractivity contribution < 1.29 is 13.9 Å². The molecule has 3 aromatic carbocycles. The number of halogens is 1. The number of rotatable bonds is 4. The van der Waals surface area contributed by atoms with Crippen LogP contribution in [-0.4, -0.2) is 21.8 Å². The van der Waals surface area contributed by atoms with Crippen LogP contribution in [0.25, 0.3) is 12.2 Å². The third-order valence-corrected chi connectivity index (χ3v) is 6.33. The van der Waals surface area contributed by atoms with Gasteiger partial charge in [0.05, 0.1) is 5.54 Å². The molecule has 4 aromatic rings. The molecular weight excluding hydrogens is 417 g/mol. The van der Waals surface area contributed by atoms with Crippen molar-refractivity contribution in [1.29, 1.82) is 0 Å². The summed E-state index contributed by atoms with van der Waals surface area (Å²) in [5.74, 6) is 1.01. The number of aromatic hydroxyl groups is 1. The van der Waals surface area contributed by atoms with Gasteiger partial charge in [-0.2, -0.15) is 0 Å². The topological polar surface area (TPSA) is 62.4 Å². The summed E-state index contributed by atoms with van der Waals surface area (Å²) in [5, 5.41) is 17.9. The van der Waals surface area contributed by atoms with Gasteiger partial charge in [0.2, 0.25) is 11.8 Å². The molecule has 1 atom stereocenters. The number of hydrogen-bond acceptors (Lipinski definition) is 5. The summed E-state index contributed by atoms with van der Waals surface area (Å²) in [5.41, 5.74) is 4.81. The predicted molar refractivity (Wildman–Crippen MR) is 126 cm³/mol. The summed E-state index contributed by atoms with van der Waals surface area (Å²) in [6.45, 7) is 4.68. The van der Waals surface area contributed by atoms with Crippen LogP contribution in [0.1, 0.15) is 41.0 Å². The molecule has 5 nitrogen and oxygen atoms in total. The molecule has 0 saturated carbocycles. The molecule has 1 unspecified atom stereocenters. The lowest BCUT2D eigenvalue weighted by Gasteiger charge is -2.48. The average molecular weight is 442 g/mol. The summed E-state index contributed by atoms with van der Waals surface area (Å²) in [6, 6.07) is 20.5. The molecule has 2 heterocycles. The van der Waals surface area contributed by atoms with Crippen molar-refractivity contribution in [2.75, 3.05) is 11.4 Å². The number of nitrogens with zero attached hydrogens (tertiary/aromatic N) is 3. The Morgan fingerprint density at radius 2 is 1.76 bits per heavy atom. The van der Waals surface area contributed by atoms with E-state index < -0.39 is 5.54 Å². The van der Waals surface area contributed by atoms with Gasteiger partial charge in [0.25, 0.3) is 0 Å². The number of benzene rings is 3. The number of aryl methyl sites for hydroxylation is 1. The minimum Gasteiger partial charge on any atom is -0.508 e. The summed E-state index contributed by atoms with van der Waals surface area (Å²) in [6.07, 6.45) is 4.52. The van der Waals surface area contributed by atoms with E-state index in [1.165, 1.54) is 12.1 Å². The van der Waals surface area contributed by atoms with E-state index in [0.717, 1.165) is 40.9 Å². The first-order valence-corrected chi connectivity index (χ1v) is 10.9. The van der Waals surface area contributed by atoms with Crippen LogP contribution in [0, 0.1) is 12.7 Å². The zero-order chi connectivity index (χ0) is 23.0. The summed E-state index contributed by atoms with van der Waals surface area (Å²) < 4.78 is 19.0. The van der Waals surface area contributed by atoms with Gasteiger partial charge in [-0.1, -0.05) is 30.3 Å². The molecule has 0 fully saturated rings. The lowest BCUT2D eigenvalue weighted by molar-refractivity contribution is 0.463. The largest absolute Gasteiger partial charge is 0.508 e. The van der Waals surface area contributed by atoms with Crippen LogP contribution in [0.15, 0.2) is 71.1 Å². The number of phenols is 1. The van der Waals surface area contributed by atoms with Crippen LogP contribution >= 0.6 is 0 Å². The van der Waals surface area contributed by atoms with Crippen LogP contribution in [0.5, 0.6) is 5.75 Å². The first kappa shape index (κ1) is 20.9. The number of aromatic nitrogens is 2. The zero-order valence-electron chi connectivity index (χ0n) is 18.5. The van der Waals surface area contributed by atoms with Gasteiger partial charge in [-0.3, -0.25) is 0 Å². The maximum Gasteiger partial charge on any atom is 0.240 e. The first-order valence-electron chi connectivity index (χ1n) is 10.9. The Morgan fingerprint density at radius 1 is 1.00 bits per heavy atom. The van der Waals surface area contributed by atoms with Gasteiger partial charge in [-0.25, -0.2) is 4.39 Å². The van der Waals surface area contributed by atoms with Crippen molar-refractivity contribution in [3.63, 3.8) is 0 Å². The normalized spacial score (nSPS) is 18.0. The molecule has 1 N–H and O–H groups in total. The molecule has 0 bridgehead atoms. The number of fused-ring (bicyclic) bond motifs is 1. The highest BCUT2D eigenvalue weighted by Crippen LogP contribution is 2.44.